The first-order valence-electron chi connectivity index (χ1n) is 3.91. The Kier molecular flexibility index (Phi) is 4.30. The predicted octanol–water partition coefficient (Wildman–Crippen LogP) is 2.33. The fraction of sp³-hybridized carbons (Fsp3) is 0.778. The first-order chi connectivity index (χ1) is 5.11. The van der Waals surface area contributed by atoms with Crippen LogP contribution in [0.1, 0.15) is 27.2 Å². The molecule has 0 aromatic rings. The summed E-state index contributed by atoms with van der Waals surface area (Å²) in [4.78, 5) is 0. The Morgan fingerprint density at radius 2 is 1.55 bits per heavy atom. The standard InChI is InChI=1S/C9H14N2/c1-7(2)4-8(3)9(5-10)6-11/h7-9H,4H2,1-3H3. The molecule has 0 fully saturated rings. The van der Waals surface area contributed by atoms with E-state index in [1.165, 1.54) is 0 Å². The van der Waals surface area contributed by atoms with Crippen molar-refractivity contribution >= 4 is 0 Å². The molecule has 1 unspecified atom stereocenters. The Balaban J connectivity index is 3.94. The van der Waals surface area contributed by atoms with Crippen molar-refractivity contribution in [2.45, 2.75) is 27.2 Å². The van der Waals surface area contributed by atoms with Crippen LogP contribution in [0.15, 0.2) is 0 Å². The van der Waals surface area contributed by atoms with Crippen LogP contribution >= 0.6 is 0 Å². The van der Waals surface area contributed by atoms with E-state index in [1.807, 2.05) is 19.1 Å². The molecule has 0 heterocycles. The SMILES string of the molecule is CC(C)CC(C)C(C#N)C#N. The van der Waals surface area contributed by atoms with Crippen LogP contribution in [-0.2, 0) is 0 Å². The summed E-state index contributed by atoms with van der Waals surface area (Å²) in [5, 5.41) is 17.1. The summed E-state index contributed by atoms with van der Waals surface area (Å²) in [6, 6.07) is 3.99. The average Bonchev–Trinajstić information content (AvgIpc) is 1.88. The van der Waals surface area contributed by atoms with E-state index >= 15 is 0 Å². The van der Waals surface area contributed by atoms with Gasteiger partial charge in [0.15, 0.2) is 0 Å². The monoisotopic (exact) mass is 150 g/mol. The maximum absolute atomic E-state index is 8.54. The van der Waals surface area contributed by atoms with E-state index in [1.54, 1.807) is 0 Å². The van der Waals surface area contributed by atoms with Gasteiger partial charge in [-0.05, 0) is 18.3 Å². The third-order valence-corrected chi connectivity index (χ3v) is 1.69. The molecular weight excluding hydrogens is 136 g/mol. The number of rotatable bonds is 3. The molecule has 2 heteroatoms. The van der Waals surface area contributed by atoms with Gasteiger partial charge in [-0.1, -0.05) is 20.8 Å². The van der Waals surface area contributed by atoms with Crippen molar-refractivity contribution in [1.82, 2.24) is 0 Å². The second-order valence-electron chi connectivity index (χ2n) is 3.34. The van der Waals surface area contributed by atoms with E-state index in [0.717, 1.165) is 6.42 Å². The average molecular weight is 150 g/mol. The molecule has 2 nitrogen and oxygen atoms in total. The Bertz CT molecular complexity index is 169. The Morgan fingerprint density at radius 1 is 1.09 bits per heavy atom. The molecule has 60 valence electrons. The van der Waals surface area contributed by atoms with E-state index in [9.17, 15) is 0 Å². The van der Waals surface area contributed by atoms with Gasteiger partial charge >= 0.3 is 0 Å². The quantitative estimate of drug-likeness (QED) is 0.619. The zero-order valence-electron chi connectivity index (χ0n) is 7.33. The van der Waals surface area contributed by atoms with E-state index in [4.69, 9.17) is 10.5 Å². The van der Waals surface area contributed by atoms with Crippen LogP contribution in [0.4, 0.5) is 0 Å². The van der Waals surface area contributed by atoms with Crippen LogP contribution in [-0.4, -0.2) is 0 Å². The largest absolute Gasteiger partial charge is 0.197 e. The van der Waals surface area contributed by atoms with Crippen LogP contribution in [0.3, 0.4) is 0 Å². The molecule has 0 aliphatic carbocycles. The van der Waals surface area contributed by atoms with Gasteiger partial charge in [-0.25, -0.2) is 0 Å². The summed E-state index contributed by atoms with van der Waals surface area (Å²) >= 11 is 0. The van der Waals surface area contributed by atoms with Gasteiger partial charge in [-0.3, -0.25) is 0 Å². The zero-order valence-corrected chi connectivity index (χ0v) is 7.33. The fourth-order valence-corrected chi connectivity index (χ4v) is 1.16. The Hall–Kier alpha value is -1.02. The first-order valence-corrected chi connectivity index (χ1v) is 3.91. The van der Waals surface area contributed by atoms with Crippen molar-refractivity contribution in [2.24, 2.45) is 17.8 Å². The van der Waals surface area contributed by atoms with Gasteiger partial charge in [0.05, 0.1) is 12.1 Å². The minimum Gasteiger partial charge on any atom is -0.197 e. The molecule has 0 amide bonds. The fourth-order valence-electron chi connectivity index (χ4n) is 1.16. The van der Waals surface area contributed by atoms with E-state index < -0.39 is 5.92 Å². The minimum atomic E-state index is -0.433. The smallest absolute Gasteiger partial charge is 0.135 e. The van der Waals surface area contributed by atoms with Crippen LogP contribution in [0.25, 0.3) is 0 Å². The summed E-state index contributed by atoms with van der Waals surface area (Å²) in [6.07, 6.45) is 0.950. The molecule has 11 heavy (non-hydrogen) atoms. The molecule has 0 saturated heterocycles. The number of nitrogens with zero attached hydrogens (tertiary/aromatic N) is 2. The molecule has 0 saturated carbocycles. The normalized spacial score (nSPS) is 12.6. The van der Waals surface area contributed by atoms with Crippen molar-refractivity contribution in [3.8, 4) is 12.1 Å². The molecule has 1 atom stereocenters. The van der Waals surface area contributed by atoms with E-state index in [0.29, 0.717) is 5.92 Å². The highest BCUT2D eigenvalue weighted by Gasteiger charge is 2.16. The highest BCUT2D eigenvalue weighted by molar-refractivity contribution is 5.01. The summed E-state index contributed by atoms with van der Waals surface area (Å²) < 4.78 is 0. The number of nitriles is 2. The molecular formula is C9H14N2. The summed E-state index contributed by atoms with van der Waals surface area (Å²) in [7, 11) is 0. The van der Waals surface area contributed by atoms with E-state index in [-0.39, 0.29) is 5.92 Å². The van der Waals surface area contributed by atoms with Crippen molar-refractivity contribution in [2.75, 3.05) is 0 Å². The molecule has 0 aliphatic heterocycles. The number of hydrogen-bond donors (Lipinski definition) is 0. The van der Waals surface area contributed by atoms with Gasteiger partial charge in [0.25, 0.3) is 0 Å². The number of hydrogen-bond acceptors (Lipinski definition) is 2. The van der Waals surface area contributed by atoms with Gasteiger partial charge in [0.1, 0.15) is 5.92 Å². The lowest BCUT2D eigenvalue weighted by Gasteiger charge is -2.13. The Labute approximate surface area is 68.4 Å². The lowest BCUT2D eigenvalue weighted by molar-refractivity contribution is 0.402. The highest BCUT2D eigenvalue weighted by Crippen LogP contribution is 2.18. The molecule has 0 spiro atoms. The molecule has 0 radical (unpaired) electrons. The minimum absolute atomic E-state index is 0.199. The van der Waals surface area contributed by atoms with Crippen LogP contribution in [0, 0.1) is 40.4 Å². The summed E-state index contributed by atoms with van der Waals surface area (Å²) in [6.45, 7) is 6.15. The maximum atomic E-state index is 8.54. The van der Waals surface area contributed by atoms with Crippen LogP contribution in [0.5, 0.6) is 0 Å². The third-order valence-electron chi connectivity index (χ3n) is 1.69. The van der Waals surface area contributed by atoms with Gasteiger partial charge < -0.3 is 0 Å². The molecule has 0 aromatic carbocycles. The van der Waals surface area contributed by atoms with Gasteiger partial charge in [-0.15, -0.1) is 0 Å². The second-order valence-corrected chi connectivity index (χ2v) is 3.34. The molecule has 0 aromatic heterocycles. The topological polar surface area (TPSA) is 47.6 Å². The summed E-state index contributed by atoms with van der Waals surface area (Å²) in [5.74, 6) is 0.330. The van der Waals surface area contributed by atoms with Crippen molar-refractivity contribution in [1.29, 1.82) is 10.5 Å². The third kappa shape index (κ3) is 3.63. The highest BCUT2D eigenvalue weighted by atomic mass is 14.3. The molecule has 0 bridgehead atoms. The van der Waals surface area contributed by atoms with Crippen molar-refractivity contribution in [3.05, 3.63) is 0 Å². The molecule has 0 N–H and O–H groups in total. The molecule has 0 aliphatic rings. The van der Waals surface area contributed by atoms with Gasteiger partial charge in [0.2, 0.25) is 0 Å². The van der Waals surface area contributed by atoms with Crippen molar-refractivity contribution < 1.29 is 0 Å². The van der Waals surface area contributed by atoms with Crippen LogP contribution < -0.4 is 0 Å². The van der Waals surface area contributed by atoms with E-state index in [2.05, 4.69) is 13.8 Å². The first kappa shape index (κ1) is 9.98. The van der Waals surface area contributed by atoms with Crippen LogP contribution in [0.2, 0.25) is 0 Å². The lowest BCUT2D eigenvalue weighted by atomic mass is 9.89. The Morgan fingerprint density at radius 3 is 1.82 bits per heavy atom. The van der Waals surface area contributed by atoms with Gasteiger partial charge in [-0.2, -0.15) is 10.5 Å². The zero-order chi connectivity index (χ0) is 8.85. The maximum Gasteiger partial charge on any atom is 0.135 e. The molecule has 0 rings (SSSR count). The predicted molar refractivity (Wildman–Crippen MR) is 43.3 cm³/mol. The van der Waals surface area contributed by atoms with Crippen molar-refractivity contribution in [3.63, 3.8) is 0 Å². The second kappa shape index (κ2) is 4.74. The lowest BCUT2D eigenvalue weighted by Crippen LogP contribution is -2.09. The summed E-state index contributed by atoms with van der Waals surface area (Å²) in [5.41, 5.74) is 0. The van der Waals surface area contributed by atoms with Gasteiger partial charge in [0, 0.05) is 0 Å².